The lowest BCUT2D eigenvalue weighted by molar-refractivity contribution is -0.232. The second-order valence-electron chi connectivity index (χ2n) is 21.0. The highest BCUT2D eigenvalue weighted by atomic mass is 35.5. The quantitative estimate of drug-likeness (QED) is 0.184. The number of allylic oxidation sites excluding steroid dienone is 4. The van der Waals surface area contributed by atoms with Crippen LogP contribution in [0.25, 0.3) is 0 Å². The largest absolute Gasteiger partial charge is 0.481 e. The first-order valence-electron chi connectivity index (χ1n) is 21.0. The number of fused-ring (bicyclic) bond motifs is 7. The van der Waals surface area contributed by atoms with Gasteiger partial charge in [-0.25, -0.2) is 9.97 Å². The highest BCUT2D eigenvalue weighted by molar-refractivity contribution is 6.30. The molecule has 55 heavy (non-hydrogen) atoms. The molecule has 1 heterocycles. The number of carboxylic acids is 1. The maximum absolute atomic E-state index is 14.1. The van der Waals surface area contributed by atoms with E-state index >= 15 is 0 Å². The van der Waals surface area contributed by atoms with E-state index in [0.29, 0.717) is 35.5 Å². The van der Waals surface area contributed by atoms with E-state index in [9.17, 15) is 24.3 Å². The van der Waals surface area contributed by atoms with Gasteiger partial charge in [0.2, 0.25) is 0 Å². The van der Waals surface area contributed by atoms with Crippen molar-refractivity contribution in [1.29, 1.82) is 0 Å². The molecule has 300 valence electrons. The Morgan fingerprint density at radius 1 is 0.927 bits per heavy atom. The van der Waals surface area contributed by atoms with E-state index in [-0.39, 0.29) is 63.0 Å². The molecule has 1 N–H and O–H groups in total. The van der Waals surface area contributed by atoms with Crippen molar-refractivity contribution in [2.45, 2.75) is 157 Å². The van der Waals surface area contributed by atoms with Crippen molar-refractivity contribution in [2.24, 2.45) is 56.2 Å². The summed E-state index contributed by atoms with van der Waals surface area (Å²) in [6.07, 6.45) is 17.2. The number of carbonyl (C=O) groups is 4. The van der Waals surface area contributed by atoms with Crippen molar-refractivity contribution in [3.05, 3.63) is 46.5 Å². The summed E-state index contributed by atoms with van der Waals surface area (Å²) in [5, 5.41) is 10.1. The average molecular weight is 775 g/mol. The Morgan fingerprint density at radius 2 is 1.60 bits per heavy atom. The van der Waals surface area contributed by atoms with Gasteiger partial charge in [0.25, 0.3) is 0 Å². The zero-order valence-electron chi connectivity index (χ0n) is 34.6. The normalized spacial score (nSPS) is 37.5. The summed E-state index contributed by atoms with van der Waals surface area (Å²) in [5.41, 5.74) is 0.276. The van der Waals surface area contributed by atoms with Crippen LogP contribution in [-0.4, -0.2) is 44.7 Å². The van der Waals surface area contributed by atoms with E-state index in [0.717, 1.165) is 69.8 Å². The fourth-order valence-electron chi connectivity index (χ4n) is 13.5. The number of ketones is 2. The first-order chi connectivity index (χ1) is 25.6. The van der Waals surface area contributed by atoms with E-state index in [1.165, 1.54) is 5.57 Å². The Morgan fingerprint density at radius 3 is 2.22 bits per heavy atom. The summed E-state index contributed by atoms with van der Waals surface area (Å²) in [6.45, 7) is 19.6. The molecule has 5 saturated carbocycles. The molecule has 0 aromatic carbocycles. The van der Waals surface area contributed by atoms with Crippen LogP contribution >= 0.6 is 11.6 Å². The summed E-state index contributed by atoms with van der Waals surface area (Å²) in [7, 11) is 0. The third-order valence-corrected chi connectivity index (χ3v) is 17.1. The molecule has 0 saturated heterocycles. The minimum atomic E-state index is -1.17. The van der Waals surface area contributed by atoms with Crippen LogP contribution in [0, 0.1) is 56.2 Å². The van der Waals surface area contributed by atoms with Crippen LogP contribution in [0.4, 0.5) is 0 Å². The summed E-state index contributed by atoms with van der Waals surface area (Å²) < 4.78 is 6.17. The second kappa shape index (κ2) is 13.3. The molecule has 7 rings (SSSR count). The Kier molecular flexibility index (Phi) is 9.78. The third kappa shape index (κ3) is 6.29. The van der Waals surface area contributed by atoms with E-state index in [1.54, 1.807) is 32.3 Å². The second-order valence-corrected chi connectivity index (χ2v) is 21.5. The highest BCUT2D eigenvalue weighted by Gasteiger charge is 2.70. The van der Waals surface area contributed by atoms with Crippen molar-refractivity contribution in [3.63, 3.8) is 0 Å². The number of aromatic nitrogens is 2. The number of esters is 1. The van der Waals surface area contributed by atoms with Crippen molar-refractivity contribution in [3.8, 4) is 0 Å². The molecular weight excluding hydrogens is 712 g/mol. The topological polar surface area (TPSA) is 124 Å². The Bertz CT molecular complexity index is 1840. The number of rotatable bonds is 10. The van der Waals surface area contributed by atoms with Crippen LogP contribution in [0.15, 0.2) is 35.7 Å². The molecule has 5 fully saturated rings. The van der Waals surface area contributed by atoms with Crippen LogP contribution < -0.4 is 0 Å². The molecule has 8 atom stereocenters. The lowest BCUT2D eigenvalue weighted by atomic mass is 9.33. The molecule has 1 aromatic heterocycles. The number of nitrogens with zero attached hydrogens (tertiary/aromatic N) is 2. The molecule has 8 nitrogen and oxygen atoms in total. The molecule has 0 aliphatic heterocycles. The van der Waals surface area contributed by atoms with Crippen LogP contribution in [0.3, 0.4) is 0 Å². The molecule has 1 aromatic rings. The van der Waals surface area contributed by atoms with Gasteiger partial charge in [-0.15, -0.1) is 0 Å². The number of aliphatic carboxylic acids is 1. The maximum atomic E-state index is 14.1. The molecule has 6 aliphatic rings. The van der Waals surface area contributed by atoms with Crippen LogP contribution in [0.2, 0.25) is 5.02 Å². The van der Waals surface area contributed by atoms with Gasteiger partial charge in [-0.1, -0.05) is 66.1 Å². The molecule has 0 bridgehead atoms. The van der Waals surface area contributed by atoms with Crippen LogP contribution in [0.5, 0.6) is 0 Å². The van der Waals surface area contributed by atoms with Gasteiger partial charge >= 0.3 is 11.9 Å². The van der Waals surface area contributed by atoms with E-state index < -0.39 is 22.8 Å². The predicted octanol–water partition coefficient (Wildman–Crippen LogP) is 10.1. The van der Waals surface area contributed by atoms with Gasteiger partial charge < -0.3 is 9.84 Å². The lowest BCUT2D eigenvalue weighted by Crippen LogP contribution is -2.65. The summed E-state index contributed by atoms with van der Waals surface area (Å²) in [4.78, 5) is 61.6. The van der Waals surface area contributed by atoms with Crippen molar-refractivity contribution >= 4 is 35.1 Å². The van der Waals surface area contributed by atoms with Crippen molar-refractivity contribution in [2.75, 3.05) is 0 Å². The van der Waals surface area contributed by atoms with Gasteiger partial charge in [0.1, 0.15) is 11.9 Å². The first-order valence-corrected chi connectivity index (χ1v) is 21.3. The van der Waals surface area contributed by atoms with Crippen LogP contribution in [0.1, 0.15) is 152 Å². The van der Waals surface area contributed by atoms with Gasteiger partial charge in [0.15, 0.2) is 11.6 Å². The van der Waals surface area contributed by atoms with Crippen LogP contribution in [-0.2, 0) is 29.3 Å². The van der Waals surface area contributed by atoms with E-state index in [1.807, 2.05) is 0 Å². The predicted molar refractivity (Wildman–Crippen MR) is 212 cm³/mol. The standard InChI is InChI=1S/C46H63ClN2O6/c1-27(2)36-31(51)23-45(17-12-29(50)22-46(20-21-46)38-48-25-28(47)26-49-38)19-18-43(8)30(37(36)45)10-11-33-42(7)15-14-34(55-35(52)24-40(3,4)39(53)54)41(5,6)32(42)13-16-44(33,43)9/h12,17,25-27,30,32-34H,10-11,13-16,18-24H2,1-9H3,(H,53,54)/b17-12+/t30-,32+,33-,34+,42+,43-,44-,45+/m1/s1. The Hall–Kier alpha value is -2.87. The van der Waals surface area contributed by atoms with Gasteiger partial charge in [0, 0.05) is 41.5 Å². The molecule has 0 amide bonds. The zero-order valence-corrected chi connectivity index (χ0v) is 35.4. The number of carboxylic acid groups (broad SMARTS) is 1. The molecule has 6 aliphatic carbocycles. The molecule has 0 spiro atoms. The molecule has 0 radical (unpaired) electrons. The van der Waals surface area contributed by atoms with Gasteiger partial charge in [-0.05, 0) is 135 Å². The monoisotopic (exact) mass is 774 g/mol. The van der Waals surface area contributed by atoms with Crippen molar-refractivity contribution < 1.29 is 29.0 Å². The molecule has 0 unspecified atom stereocenters. The number of halogens is 1. The Balaban J connectivity index is 1.14. The SMILES string of the molecule is CC(C)C1=C2[C@H]3CC[C@@H]4[C@@]5(C)CC[C@H](OC(=O)CC(C)(C)C(=O)O)C(C)(C)[C@@H]5CC[C@@]4(C)[C@]3(C)CC[C@@]2(/C=C/C(=O)CC2(c3ncc(Cl)cn3)CC2)CC1=O. The summed E-state index contributed by atoms with van der Waals surface area (Å²) in [5.74, 6) is 0.825. The Labute approximate surface area is 333 Å². The van der Waals surface area contributed by atoms with Gasteiger partial charge in [-0.3, -0.25) is 19.2 Å². The smallest absolute Gasteiger partial charge is 0.309 e. The molecular formula is C46H63ClN2O6. The zero-order chi connectivity index (χ0) is 40.1. The fraction of sp³-hybridized carbons (Fsp3) is 0.739. The highest BCUT2D eigenvalue weighted by Crippen LogP contribution is 2.77. The average Bonchev–Trinajstić information content (AvgIpc) is 3.80. The lowest BCUT2D eigenvalue weighted by Gasteiger charge is -2.72. The number of carbonyl (C=O) groups excluding carboxylic acids is 3. The number of Topliss-reactive ketones (excluding diaryl/α,β-unsaturated/α-hetero) is 1. The van der Waals surface area contributed by atoms with E-state index in [2.05, 4.69) is 64.5 Å². The minimum absolute atomic E-state index is 0.00873. The maximum Gasteiger partial charge on any atom is 0.309 e. The number of hydrogen-bond donors (Lipinski definition) is 1. The molecule has 9 heteroatoms. The van der Waals surface area contributed by atoms with Gasteiger partial charge in [0.05, 0.1) is 16.9 Å². The van der Waals surface area contributed by atoms with Crippen molar-refractivity contribution in [1.82, 2.24) is 9.97 Å². The summed E-state index contributed by atoms with van der Waals surface area (Å²) in [6, 6.07) is 0. The fourth-order valence-corrected chi connectivity index (χ4v) is 13.6. The van der Waals surface area contributed by atoms with Gasteiger partial charge in [-0.2, -0.15) is 0 Å². The first kappa shape index (κ1) is 40.3. The minimum Gasteiger partial charge on any atom is -0.481 e. The number of hydrogen-bond acceptors (Lipinski definition) is 7. The summed E-state index contributed by atoms with van der Waals surface area (Å²) >= 11 is 6.05. The number of ether oxygens (including phenoxy) is 1. The van der Waals surface area contributed by atoms with E-state index in [4.69, 9.17) is 16.3 Å². The third-order valence-electron chi connectivity index (χ3n) is 16.9.